The number of thiocarbonyl (C=S) groups is 1. The molecule has 0 radical (unpaired) electrons. The van der Waals surface area contributed by atoms with Crippen LogP contribution in [0.4, 0.5) is 0 Å². The first-order valence-electron chi connectivity index (χ1n) is 8.54. The summed E-state index contributed by atoms with van der Waals surface area (Å²) < 4.78 is 11.6. The average molecular weight is 461 g/mol. The molecule has 150 valence electrons. The van der Waals surface area contributed by atoms with E-state index in [0.717, 1.165) is 11.1 Å². The fourth-order valence-corrected chi connectivity index (χ4v) is 3.15. The number of benzene rings is 2. The zero-order chi connectivity index (χ0) is 20.5. The number of nitrogens with one attached hydrogen (secondary N) is 2. The molecule has 2 aromatic rings. The largest absolute Gasteiger partial charge is 0.490 e. The van der Waals surface area contributed by atoms with Crippen molar-refractivity contribution in [3.8, 4) is 11.5 Å². The van der Waals surface area contributed by atoms with E-state index in [4.69, 9.17) is 56.5 Å². The van der Waals surface area contributed by atoms with E-state index in [0.29, 0.717) is 44.8 Å². The molecule has 5 nitrogen and oxygen atoms in total. The highest BCUT2D eigenvalue weighted by atomic mass is 35.5. The summed E-state index contributed by atoms with van der Waals surface area (Å²) in [6.07, 6.45) is 1.60. The summed E-state index contributed by atoms with van der Waals surface area (Å²) in [4.78, 5) is 0. The van der Waals surface area contributed by atoms with Crippen molar-refractivity contribution in [1.82, 2.24) is 10.7 Å². The monoisotopic (exact) mass is 459 g/mol. The number of halogens is 3. The summed E-state index contributed by atoms with van der Waals surface area (Å²) in [6, 6.07) is 8.73. The molecule has 0 aliphatic carbocycles. The lowest BCUT2D eigenvalue weighted by Crippen LogP contribution is -2.31. The van der Waals surface area contributed by atoms with Crippen molar-refractivity contribution < 1.29 is 9.47 Å². The number of nitrogens with zero attached hydrogens (tertiary/aromatic N) is 1. The first-order chi connectivity index (χ1) is 13.4. The van der Waals surface area contributed by atoms with E-state index in [1.807, 2.05) is 13.8 Å². The summed E-state index contributed by atoms with van der Waals surface area (Å²) in [5.41, 5.74) is 4.25. The molecule has 0 heterocycles. The summed E-state index contributed by atoms with van der Waals surface area (Å²) in [5, 5.41) is 8.94. The van der Waals surface area contributed by atoms with Crippen molar-refractivity contribution in [1.29, 1.82) is 0 Å². The van der Waals surface area contributed by atoms with Crippen LogP contribution in [0.25, 0.3) is 0 Å². The summed E-state index contributed by atoms with van der Waals surface area (Å²) in [6.45, 7) is 5.22. The molecule has 2 N–H and O–H groups in total. The van der Waals surface area contributed by atoms with Crippen LogP contribution in [0.3, 0.4) is 0 Å². The molecule has 0 unspecified atom stereocenters. The number of hydrazone groups is 1. The molecule has 0 aliphatic rings. The first-order valence-corrected chi connectivity index (χ1v) is 10.1. The summed E-state index contributed by atoms with van der Waals surface area (Å²) >= 11 is 23.6. The van der Waals surface area contributed by atoms with Gasteiger partial charge in [0.05, 0.1) is 17.8 Å². The van der Waals surface area contributed by atoms with Crippen molar-refractivity contribution in [2.45, 2.75) is 20.5 Å². The Morgan fingerprint density at radius 3 is 2.57 bits per heavy atom. The quantitative estimate of drug-likeness (QED) is 0.312. The van der Waals surface area contributed by atoms with Crippen LogP contribution in [0.1, 0.15) is 25.0 Å². The van der Waals surface area contributed by atoms with Gasteiger partial charge in [0.15, 0.2) is 16.6 Å². The van der Waals surface area contributed by atoms with Crippen LogP contribution in [0.5, 0.6) is 11.5 Å². The predicted molar refractivity (Wildman–Crippen MR) is 120 cm³/mol. The fourth-order valence-electron chi connectivity index (χ4n) is 2.22. The van der Waals surface area contributed by atoms with Gasteiger partial charge in [-0.25, -0.2) is 0 Å². The van der Waals surface area contributed by atoms with Gasteiger partial charge in [-0.2, -0.15) is 5.10 Å². The Balaban J connectivity index is 2.17. The minimum Gasteiger partial charge on any atom is -0.490 e. The number of hydrogen-bond acceptors (Lipinski definition) is 4. The van der Waals surface area contributed by atoms with Crippen LogP contribution in [0, 0.1) is 0 Å². The molecular formula is C19H20Cl3N3O2S. The van der Waals surface area contributed by atoms with Crippen molar-refractivity contribution in [3.05, 3.63) is 56.5 Å². The van der Waals surface area contributed by atoms with E-state index in [2.05, 4.69) is 15.8 Å². The molecule has 0 amide bonds. The van der Waals surface area contributed by atoms with E-state index in [9.17, 15) is 0 Å². The molecule has 0 spiro atoms. The fraction of sp³-hybridized carbons (Fsp3) is 0.263. The zero-order valence-corrected chi connectivity index (χ0v) is 18.5. The Bertz CT molecular complexity index is 863. The van der Waals surface area contributed by atoms with Gasteiger partial charge in [0.2, 0.25) is 0 Å². The summed E-state index contributed by atoms with van der Waals surface area (Å²) in [5.74, 6) is 0.943. The third kappa shape index (κ3) is 6.71. The van der Waals surface area contributed by atoms with Gasteiger partial charge in [-0.05, 0) is 55.9 Å². The molecule has 0 fully saturated rings. The molecule has 0 saturated carbocycles. The highest BCUT2D eigenvalue weighted by molar-refractivity contribution is 7.80. The third-order valence-corrected chi connectivity index (χ3v) is 4.54. The van der Waals surface area contributed by atoms with Crippen LogP contribution < -0.4 is 20.2 Å². The van der Waals surface area contributed by atoms with Gasteiger partial charge in [0.1, 0.15) is 6.61 Å². The van der Waals surface area contributed by atoms with E-state index in [1.165, 1.54) is 0 Å². The molecule has 0 aliphatic heterocycles. The normalized spacial score (nSPS) is 10.8. The maximum atomic E-state index is 6.41. The Labute approximate surface area is 185 Å². The van der Waals surface area contributed by atoms with Gasteiger partial charge >= 0.3 is 0 Å². The SMILES string of the molecule is CCNC(=S)N/N=C\c1cc(Cl)c(OCc2ccc(Cl)cc2Cl)c(OCC)c1. The standard InChI is InChI=1S/C19H20Cl3N3O2S/c1-3-23-19(28)25-24-10-12-7-16(22)18(17(8-12)26-4-2)27-11-13-5-6-14(20)9-15(13)21/h5-10H,3-4,11H2,1-2H3,(H2,23,25,28)/b24-10-. The van der Waals surface area contributed by atoms with Gasteiger partial charge in [-0.15, -0.1) is 0 Å². The molecule has 2 aromatic carbocycles. The second-order valence-corrected chi connectivity index (χ2v) is 7.18. The average Bonchev–Trinajstić information content (AvgIpc) is 2.63. The predicted octanol–water partition coefficient (Wildman–Crippen LogP) is 5.44. The van der Waals surface area contributed by atoms with E-state index < -0.39 is 0 Å². The summed E-state index contributed by atoms with van der Waals surface area (Å²) in [7, 11) is 0. The number of rotatable bonds is 8. The maximum Gasteiger partial charge on any atom is 0.186 e. The van der Waals surface area contributed by atoms with Crippen molar-refractivity contribution >= 4 is 58.3 Å². The van der Waals surface area contributed by atoms with Crippen LogP contribution in [-0.2, 0) is 6.61 Å². The topological polar surface area (TPSA) is 54.9 Å². The third-order valence-electron chi connectivity index (χ3n) is 3.44. The molecule has 0 atom stereocenters. The van der Waals surface area contributed by atoms with Crippen LogP contribution in [-0.4, -0.2) is 24.5 Å². The van der Waals surface area contributed by atoms with Gasteiger partial charge in [0, 0.05) is 22.2 Å². The van der Waals surface area contributed by atoms with E-state index in [-0.39, 0.29) is 6.61 Å². The highest BCUT2D eigenvalue weighted by Gasteiger charge is 2.13. The molecule has 9 heteroatoms. The van der Waals surface area contributed by atoms with Gasteiger partial charge in [-0.1, -0.05) is 40.9 Å². The maximum absolute atomic E-state index is 6.41. The highest BCUT2D eigenvalue weighted by Crippen LogP contribution is 2.37. The van der Waals surface area contributed by atoms with Crippen LogP contribution in [0.2, 0.25) is 15.1 Å². The number of ether oxygens (including phenoxy) is 2. The minimum atomic E-state index is 0.224. The van der Waals surface area contributed by atoms with Gasteiger partial charge in [-0.3, -0.25) is 5.43 Å². The Hall–Kier alpha value is -1.73. The smallest absolute Gasteiger partial charge is 0.186 e. The van der Waals surface area contributed by atoms with Crippen molar-refractivity contribution in [3.63, 3.8) is 0 Å². The molecule has 0 bridgehead atoms. The minimum absolute atomic E-state index is 0.224. The Morgan fingerprint density at radius 2 is 1.89 bits per heavy atom. The van der Waals surface area contributed by atoms with Crippen molar-refractivity contribution in [2.24, 2.45) is 5.10 Å². The van der Waals surface area contributed by atoms with Gasteiger partial charge < -0.3 is 14.8 Å². The van der Waals surface area contributed by atoms with E-state index >= 15 is 0 Å². The zero-order valence-electron chi connectivity index (χ0n) is 15.4. The molecular weight excluding hydrogens is 441 g/mol. The second-order valence-electron chi connectivity index (χ2n) is 5.52. The molecule has 28 heavy (non-hydrogen) atoms. The first kappa shape index (κ1) is 22.6. The van der Waals surface area contributed by atoms with Crippen LogP contribution in [0.15, 0.2) is 35.4 Å². The van der Waals surface area contributed by atoms with Gasteiger partial charge in [0.25, 0.3) is 0 Å². The lowest BCUT2D eigenvalue weighted by atomic mass is 10.2. The lowest BCUT2D eigenvalue weighted by Gasteiger charge is -2.15. The van der Waals surface area contributed by atoms with Crippen molar-refractivity contribution in [2.75, 3.05) is 13.2 Å². The lowest BCUT2D eigenvalue weighted by molar-refractivity contribution is 0.269. The second kappa shape index (κ2) is 11.3. The number of hydrogen-bond donors (Lipinski definition) is 2. The van der Waals surface area contributed by atoms with Crippen LogP contribution >= 0.6 is 47.0 Å². The molecule has 0 aromatic heterocycles. The van der Waals surface area contributed by atoms with E-state index in [1.54, 1.807) is 36.5 Å². The Morgan fingerprint density at radius 1 is 1.11 bits per heavy atom. The molecule has 0 saturated heterocycles. The molecule has 2 rings (SSSR count). The Kier molecular flexibility index (Phi) is 9.12.